The maximum atomic E-state index is 13.6. The summed E-state index contributed by atoms with van der Waals surface area (Å²) in [5.74, 6) is 0.434. The van der Waals surface area contributed by atoms with Crippen molar-refractivity contribution >= 4 is 12.0 Å². The van der Waals surface area contributed by atoms with E-state index in [0.717, 1.165) is 0 Å². The number of ether oxygens (including phenoxy) is 2. The molecule has 1 aromatic rings. The number of benzene rings is 1. The highest BCUT2D eigenvalue weighted by Gasteiger charge is 2.44. The summed E-state index contributed by atoms with van der Waals surface area (Å²) in [5, 5.41) is 0. The van der Waals surface area contributed by atoms with Gasteiger partial charge in [0.15, 0.2) is 0 Å². The number of hydrogen-bond acceptors (Lipinski definition) is 5. The van der Waals surface area contributed by atoms with Gasteiger partial charge in [-0.2, -0.15) is 0 Å². The van der Waals surface area contributed by atoms with Crippen LogP contribution < -0.4 is 10.5 Å². The number of amides is 2. The first-order valence-electron chi connectivity index (χ1n) is 11.6. The van der Waals surface area contributed by atoms with Crippen LogP contribution in [-0.4, -0.2) is 59.2 Å². The van der Waals surface area contributed by atoms with Crippen molar-refractivity contribution in [3.63, 3.8) is 0 Å². The van der Waals surface area contributed by atoms with E-state index in [4.69, 9.17) is 15.2 Å². The highest BCUT2D eigenvalue weighted by Crippen LogP contribution is 2.43. The van der Waals surface area contributed by atoms with E-state index in [0.29, 0.717) is 69.6 Å². The highest BCUT2D eigenvalue weighted by molar-refractivity contribution is 5.79. The summed E-state index contributed by atoms with van der Waals surface area (Å²) in [7, 11) is 0. The molecule has 2 N–H and O–H groups in total. The first kappa shape index (κ1) is 22.8. The second-order valence-corrected chi connectivity index (χ2v) is 10.3. The number of carbonyl (C=O) groups excluding carboxylic acids is 2. The average Bonchev–Trinajstić information content (AvgIpc) is 2.73. The van der Waals surface area contributed by atoms with Crippen LogP contribution >= 0.6 is 0 Å². The summed E-state index contributed by atoms with van der Waals surface area (Å²) in [6.07, 6.45) is 3.04. The Morgan fingerprint density at radius 1 is 1.12 bits per heavy atom. The molecule has 2 amide bonds. The number of rotatable bonds is 1. The topological polar surface area (TPSA) is 85.1 Å². The van der Waals surface area contributed by atoms with Crippen LogP contribution in [0.2, 0.25) is 0 Å². The van der Waals surface area contributed by atoms with Gasteiger partial charge in [0.05, 0.1) is 0 Å². The van der Waals surface area contributed by atoms with E-state index in [1.165, 1.54) is 12.1 Å². The molecule has 1 spiro atoms. The van der Waals surface area contributed by atoms with Crippen molar-refractivity contribution in [2.45, 2.75) is 70.1 Å². The first-order chi connectivity index (χ1) is 15.1. The molecule has 0 aliphatic carbocycles. The van der Waals surface area contributed by atoms with Crippen molar-refractivity contribution in [3.05, 3.63) is 29.6 Å². The Kier molecular flexibility index (Phi) is 6.09. The fourth-order valence-corrected chi connectivity index (χ4v) is 5.02. The maximum absolute atomic E-state index is 13.6. The van der Waals surface area contributed by atoms with E-state index < -0.39 is 11.2 Å². The minimum absolute atomic E-state index is 0.0685. The average molecular weight is 448 g/mol. The predicted molar refractivity (Wildman–Crippen MR) is 118 cm³/mol. The Morgan fingerprint density at radius 3 is 2.41 bits per heavy atom. The fourth-order valence-electron chi connectivity index (χ4n) is 5.02. The van der Waals surface area contributed by atoms with Crippen LogP contribution in [0, 0.1) is 11.7 Å². The Balaban J connectivity index is 1.30. The van der Waals surface area contributed by atoms with Gasteiger partial charge in [0.2, 0.25) is 5.91 Å². The van der Waals surface area contributed by atoms with E-state index in [1.54, 1.807) is 11.0 Å². The summed E-state index contributed by atoms with van der Waals surface area (Å²) >= 11 is 0. The van der Waals surface area contributed by atoms with Gasteiger partial charge in [-0.3, -0.25) is 4.79 Å². The largest absolute Gasteiger partial charge is 0.487 e. The fraction of sp³-hybridized carbons (Fsp3) is 0.667. The number of halogens is 1. The van der Waals surface area contributed by atoms with Gasteiger partial charge in [0.25, 0.3) is 0 Å². The van der Waals surface area contributed by atoms with E-state index in [-0.39, 0.29) is 29.8 Å². The lowest BCUT2D eigenvalue weighted by molar-refractivity contribution is -0.141. The second-order valence-electron chi connectivity index (χ2n) is 10.3. The zero-order valence-electron chi connectivity index (χ0n) is 19.2. The van der Waals surface area contributed by atoms with Crippen LogP contribution in [0.25, 0.3) is 0 Å². The van der Waals surface area contributed by atoms with Gasteiger partial charge in [-0.15, -0.1) is 0 Å². The number of nitrogens with zero attached hydrogens (tertiary/aromatic N) is 2. The molecule has 0 bridgehead atoms. The van der Waals surface area contributed by atoms with Crippen molar-refractivity contribution in [1.29, 1.82) is 0 Å². The lowest BCUT2D eigenvalue weighted by Crippen LogP contribution is -2.54. The molecule has 3 heterocycles. The molecule has 0 saturated carbocycles. The van der Waals surface area contributed by atoms with E-state index in [9.17, 15) is 14.0 Å². The molecule has 2 fully saturated rings. The summed E-state index contributed by atoms with van der Waals surface area (Å²) in [6.45, 7) is 7.86. The van der Waals surface area contributed by atoms with Crippen LogP contribution in [0.5, 0.6) is 5.75 Å². The van der Waals surface area contributed by atoms with Gasteiger partial charge in [0, 0.05) is 63.0 Å². The summed E-state index contributed by atoms with van der Waals surface area (Å²) in [4.78, 5) is 29.0. The predicted octanol–water partition coefficient (Wildman–Crippen LogP) is 3.62. The van der Waals surface area contributed by atoms with Crippen LogP contribution in [-0.2, 0) is 9.53 Å². The number of fused-ring (bicyclic) bond motifs is 1. The molecule has 8 heteroatoms. The van der Waals surface area contributed by atoms with E-state index >= 15 is 0 Å². The molecular weight excluding hydrogens is 413 g/mol. The summed E-state index contributed by atoms with van der Waals surface area (Å²) in [5.41, 5.74) is 6.13. The molecule has 1 aromatic carbocycles. The van der Waals surface area contributed by atoms with E-state index in [2.05, 4.69) is 0 Å². The van der Waals surface area contributed by atoms with Gasteiger partial charge < -0.3 is 25.0 Å². The number of piperidine rings is 2. The van der Waals surface area contributed by atoms with Crippen molar-refractivity contribution in [1.82, 2.24) is 9.80 Å². The lowest BCUT2D eigenvalue weighted by Gasteiger charge is -2.47. The Morgan fingerprint density at radius 2 is 1.78 bits per heavy atom. The van der Waals surface area contributed by atoms with Gasteiger partial charge in [-0.1, -0.05) is 0 Å². The standard InChI is InChI=1S/C24H34FN3O4/c1-23(2,3)32-22(30)28-10-6-16(7-11-28)21(29)27-12-8-24(9-13-27)15-19(26)18-14-17(25)4-5-20(18)31-24/h4-5,14,16,19H,6-13,15,26H2,1-3H3. The van der Waals surface area contributed by atoms with Crippen molar-refractivity contribution in [2.75, 3.05) is 26.2 Å². The van der Waals surface area contributed by atoms with Crippen molar-refractivity contribution < 1.29 is 23.5 Å². The number of carbonyl (C=O) groups is 2. The molecule has 4 rings (SSSR count). The minimum atomic E-state index is -0.522. The summed E-state index contributed by atoms with van der Waals surface area (Å²) in [6, 6.07) is 4.23. The van der Waals surface area contributed by atoms with Crippen LogP contribution in [0.4, 0.5) is 9.18 Å². The Hall–Kier alpha value is -2.35. The van der Waals surface area contributed by atoms with Crippen molar-refractivity contribution in [2.24, 2.45) is 11.7 Å². The maximum Gasteiger partial charge on any atom is 0.410 e. The van der Waals surface area contributed by atoms with Crippen LogP contribution in [0.1, 0.15) is 64.5 Å². The van der Waals surface area contributed by atoms with Gasteiger partial charge in [-0.05, 0) is 51.8 Å². The second kappa shape index (κ2) is 8.54. The normalized spacial score (nSPS) is 23.5. The number of nitrogens with two attached hydrogens (primary N) is 1. The first-order valence-corrected chi connectivity index (χ1v) is 11.6. The van der Waals surface area contributed by atoms with E-state index in [1.807, 2.05) is 25.7 Å². The molecule has 7 nitrogen and oxygen atoms in total. The number of likely N-dealkylation sites (tertiary alicyclic amines) is 2. The Bertz CT molecular complexity index is 868. The quantitative estimate of drug-likeness (QED) is 0.711. The molecule has 1 unspecified atom stereocenters. The Labute approximate surface area is 189 Å². The third kappa shape index (κ3) is 4.85. The molecule has 32 heavy (non-hydrogen) atoms. The monoisotopic (exact) mass is 447 g/mol. The molecule has 3 aliphatic heterocycles. The molecule has 0 aromatic heterocycles. The molecule has 1 atom stereocenters. The minimum Gasteiger partial charge on any atom is -0.487 e. The molecular formula is C24H34FN3O4. The molecule has 176 valence electrons. The van der Waals surface area contributed by atoms with Gasteiger partial charge >= 0.3 is 6.09 Å². The molecule has 0 radical (unpaired) electrons. The third-order valence-electron chi connectivity index (χ3n) is 6.77. The third-order valence-corrected chi connectivity index (χ3v) is 6.77. The van der Waals surface area contributed by atoms with Gasteiger partial charge in [-0.25, -0.2) is 9.18 Å². The molecule has 3 aliphatic rings. The zero-order chi connectivity index (χ0) is 23.1. The highest BCUT2D eigenvalue weighted by atomic mass is 19.1. The smallest absolute Gasteiger partial charge is 0.410 e. The van der Waals surface area contributed by atoms with Crippen molar-refractivity contribution in [3.8, 4) is 5.75 Å². The van der Waals surface area contributed by atoms with Gasteiger partial charge in [0.1, 0.15) is 22.8 Å². The van der Waals surface area contributed by atoms with Crippen LogP contribution in [0.15, 0.2) is 18.2 Å². The SMILES string of the molecule is CC(C)(C)OC(=O)N1CCC(C(=O)N2CCC3(CC2)CC(N)c2cc(F)ccc2O3)CC1. The lowest BCUT2D eigenvalue weighted by atomic mass is 9.80. The zero-order valence-corrected chi connectivity index (χ0v) is 19.2. The summed E-state index contributed by atoms with van der Waals surface area (Å²) < 4.78 is 25.3. The van der Waals surface area contributed by atoms with Crippen LogP contribution in [0.3, 0.4) is 0 Å². The number of hydrogen-bond donors (Lipinski definition) is 1. The molecule has 2 saturated heterocycles.